The van der Waals surface area contributed by atoms with Gasteiger partial charge in [-0.15, -0.1) is 12.4 Å². The molecule has 0 saturated heterocycles. The van der Waals surface area contributed by atoms with E-state index >= 15 is 0 Å². The number of nitrogens with zero attached hydrogens (tertiary/aromatic N) is 1. The van der Waals surface area contributed by atoms with Crippen molar-refractivity contribution in [2.24, 2.45) is 5.73 Å². The monoisotopic (exact) mass is 242 g/mol. The van der Waals surface area contributed by atoms with Gasteiger partial charge in [0.15, 0.2) is 0 Å². The summed E-state index contributed by atoms with van der Waals surface area (Å²) in [5, 5.41) is 0. The number of hydrogen-bond donors (Lipinski definition) is 1. The topological polar surface area (TPSA) is 46.3 Å². The number of likely N-dealkylation sites (N-methyl/N-ethyl adjacent to an activating group) is 1. The maximum atomic E-state index is 12.0. The van der Waals surface area contributed by atoms with Gasteiger partial charge < -0.3 is 10.6 Å². The molecule has 0 spiro atoms. The first-order valence-corrected chi connectivity index (χ1v) is 5.10. The van der Waals surface area contributed by atoms with E-state index in [-0.39, 0.29) is 18.3 Å². The summed E-state index contributed by atoms with van der Waals surface area (Å²) in [5.74, 6) is -0.0591. The maximum absolute atomic E-state index is 12.0. The molecule has 0 aromatic heterocycles. The van der Waals surface area contributed by atoms with Crippen LogP contribution in [0.4, 0.5) is 0 Å². The van der Waals surface area contributed by atoms with E-state index in [0.29, 0.717) is 6.54 Å². The molecule has 1 unspecified atom stereocenters. The summed E-state index contributed by atoms with van der Waals surface area (Å²) in [5.41, 5.74) is 5.97. The summed E-state index contributed by atoms with van der Waals surface area (Å²) in [6.45, 7) is 4.34. The molecule has 0 bridgehead atoms. The average molecular weight is 243 g/mol. The van der Waals surface area contributed by atoms with Gasteiger partial charge in [0.1, 0.15) is 5.54 Å². The lowest BCUT2D eigenvalue weighted by molar-refractivity contribution is -0.135. The predicted octanol–water partition coefficient (Wildman–Crippen LogP) is 1.76. The molecule has 0 radical (unpaired) electrons. The van der Waals surface area contributed by atoms with Crippen molar-refractivity contribution in [3.63, 3.8) is 0 Å². The largest absolute Gasteiger partial charge is 0.344 e. The predicted molar refractivity (Wildman–Crippen MR) is 68.5 cm³/mol. The normalized spacial score (nSPS) is 13.5. The average Bonchev–Trinajstić information content (AvgIpc) is 2.28. The fourth-order valence-electron chi connectivity index (χ4n) is 1.45. The Hall–Kier alpha value is -1.06. The lowest BCUT2D eigenvalue weighted by atomic mass is 9.92. The molecule has 2 N–H and O–H groups in total. The first-order chi connectivity index (χ1) is 7.00. The van der Waals surface area contributed by atoms with E-state index in [2.05, 4.69) is 0 Å². The summed E-state index contributed by atoms with van der Waals surface area (Å²) in [7, 11) is 1.76. The molecule has 1 atom stereocenters. The van der Waals surface area contributed by atoms with Crippen molar-refractivity contribution >= 4 is 18.3 Å². The number of halogens is 1. The second kappa shape index (κ2) is 5.87. The molecule has 0 heterocycles. The smallest absolute Gasteiger partial charge is 0.246 e. The first kappa shape index (κ1) is 14.9. The number of rotatable bonds is 3. The van der Waals surface area contributed by atoms with Crippen molar-refractivity contribution < 1.29 is 4.79 Å². The van der Waals surface area contributed by atoms with Gasteiger partial charge in [-0.2, -0.15) is 0 Å². The van der Waals surface area contributed by atoms with Crippen LogP contribution in [-0.2, 0) is 10.3 Å². The summed E-state index contributed by atoms with van der Waals surface area (Å²) in [6, 6.07) is 9.44. The summed E-state index contributed by atoms with van der Waals surface area (Å²) < 4.78 is 0. The quantitative estimate of drug-likeness (QED) is 0.878. The molecule has 0 saturated carbocycles. The van der Waals surface area contributed by atoms with Crippen molar-refractivity contribution in [3.8, 4) is 0 Å². The van der Waals surface area contributed by atoms with Crippen LogP contribution in [-0.4, -0.2) is 24.4 Å². The molecule has 90 valence electrons. The van der Waals surface area contributed by atoms with Gasteiger partial charge in [-0.1, -0.05) is 30.3 Å². The zero-order valence-electron chi connectivity index (χ0n) is 9.93. The van der Waals surface area contributed by atoms with Crippen LogP contribution in [0.15, 0.2) is 30.3 Å². The minimum Gasteiger partial charge on any atom is -0.344 e. The third-order valence-electron chi connectivity index (χ3n) is 2.64. The third kappa shape index (κ3) is 2.97. The van der Waals surface area contributed by atoms with Crippen LogP contribution in [0.2, 0.25) is 0 Å². The molecule has 16 heavy (non-hydrogen) atoms. The molecule has 0 fully saturated rings. The van der Waals surface area contributed by atoms with Crippen LogP contribution in [0.25, 0.3) is 0 Å². The molecular formula is C12H19ClN2O. The van der Waals surface area contributed by atoms with Crippen LogP contribution in [0.1, 0.15) is 19.4 Å². The summed E-state index contributed by atoms with van der Waals surface area (Å²) in [4.78, 5) is 13.6. The Morgan fingerprint density at radius 2 is 1.88 bits per heavy atom. The minimum absolute atomic E-state index is 0. The Morgan fingerprint density at radius 1 is 1.38 bits per heavy atom. The van der Waals surface area contributed by atoms with Crippen molar-refractivity contribution in [3.05, 3.63) is 35.9 Å². The molecule has 4 heteroatoms. The molecule has 1 aromatic carbocycles. The van der Waals surface area contributed by atoms with Crippen LogP contribution >= 0.6 is 12.4 Å². The van der Waals surface area contributed by atoms with Gasteiger partial charge >= 0.3 is 0 Å². The molecule has 1 rings (SSSR count). The van der Waals surface area contributed by atoms with E-state index in [0.717, 1.165) is 5.56 Å². The Kier molecular flexibility index (Phi) is 5.48. The Balaban J connectivity index is 0.00000225. The second-order valence-electron chi connectivity index (χ2n) is 3.89. The molecular weight excluding hydrogens is 224 g/mol. The van der Waals surface area contributed by atoms with Gasteiger partial charge in [0.2, 0.25) is 5.91 Å². The Labute approximate surface area is 103 Å². The van der Waals surface area contributed by atoms with Crippen molar-refractivity contribution in [1.29, 1.82) is 0 Å². The zero-order valence-corrected chi connectivity index (χ0v) is 10.8. The minimum atomic E-state index is -0.938. The van der Waals surface area contributed by atoms with Crippen molar-refractivity contribution in [2.75, 3.05) is 13.6 Å². The fourth-order valence-corrected chi connectivity index (χ4v) is 1.45. The number of benzene rings is 1. The van der Waals surface area contributed by atoms with Gasteiger partial charge in [-0.25, -0.2) is 0 Å². The van der Waals surface area contributed by atoms with Crippen LogP contribution in [0, 0.1) is 0 Å². The third-order valence-corrected chi connectivity index (χ3v) is 2.64. The number of nitrogens with two attached hydrogens (primary N) is 1. The fraction of sp³-hybridized carbons (Fsp3) is 0.417. The maximum Gasteiger partial charge on any atom is 0.246 e. The van der Waals surface area contributed by atoms with Gasteiger partial charge in [0, 0.05) is 13.6 Å². The van der Waals surface area contributed by atoms with Crippen LogP contribution in [0.5, 0.6) is 0 Å². The van der Waals surface area contributed by atoms with Crippen molar-refractivity contribution in [2.45, 2.75) is 19.4 Å². The van der Waals surface area contributed by atoms with E-state index in [1.165, 1.54) is 0 Å². The van der Waals surface area contributed by atoms with Crippen molar-refractivity contribution in [1.82, 2.24) is 4.90 Å². The first-order valence-electron chi connectivity index (χ1n) is 5.10. The highest BCUT2D eigenvalue weighted by Gasteiger charge is 2.32. The Bertz CT molecular complexity index is 338. The highest BCUT2D eigenvalue weighted by molar-refractivity contribution is 5.86. The SMILES string of the molecule is CCN(C)C(=O)C(C)(N)c1ccccc1.Cl. The van der Waals surface area contributed by atoms with E-state index in [9.17, 15) is 4.79 Å². The van der Waals surface area contributed by atoms with E-state index in [4.69, 9.17) is 5.73 Å². The lowest BCUT2D eigenvalue weighted by Crippen LogP contribution is -2.49. The summed E-state index contributed by atoms with van der Waals surface area (Å²) >= 11 is 0. The molecule has 1 aromatic rings. The molecule has 0 aliphatic rings. The highest BCUT2D eigenvalue weighted by Crippen LogP contribution is 2.19. The molecule has 3 nitrogen and oxygen atoms in total. The number of amides is 1. The van der Waals surface area contributed by atoms with E-state index in [1.807, 2.05) is 37.3 Å². The summed E-state index contributed by atoms with van der Waals surface area (Å²) in [6.07, 6.45) is 0. The molecule has 0 aliphatic heterocycles. The van der Waals surface area contributed by atoms with Gasteiger partial charge in [0.25, 0.3) is 0 Å². The van der Waals surface area contributed by atoms with E-state index in [1.54, 1.807) is 18.9 Å². The highest BCUT2D eigenvalue weighted by atomic mass is 35.5. The second-order valence-corrected chi connectivity index (χ2v) is 3.89. The standard InChI is InChI=1S/C12H18N2O.ClH/c1-4-14(3)11(15)12(2,13)10-8-6-5-7-9-10;/h5-9H,4,13H2,1-3H3;1H. The zero-order chi connectivity index (χ0) is 11.5. The van der Waals surface area contributed by atoms with Gasteiger partial charge in [-0.05, 0) is 19.4 Å². The Morgan fingerprint density at radius 3 is 2.31 bits per heavy atom. The van der Waals surface area contributed by atoms with Gasteiger partial charge in [0.05, 0.1) is 0 Å². The lowest BCUT2D eigenvalue weighted by Gasteiger charge is -2.28. The van der Waals surface area contributed by atoms with E-state index < -0.39 is 5.54 Å². The molecule has 1 amide bonds. The van der Waals surface area contributed by atoms with Gasteiger partial charge in [-0.3, -0.25) is 4.79 Å². The molecule has 0 aliphatic carbocycles. The number of carbonyl (C=O) groups excluding carboxylic acids is 1. The van der Waals surface area contributed by atoms with Crippen LogP contribution in [0.3, 0.4) is 0 Å². The number of hydrogen-bond acceptors (Lipinski definition) is 2. The number of carbonyl (C=O) groups is 1. The van der Waals surface area contributed by atoms with Crippen LogP contribution < -0.4 is 5.73 Å².